The van der Waals surface area contributed by atoms with Crippen molar-refractivity contribution in [1.82, 2.24) is 15.1 Å². The van der Waals surface area contributed by atoms with Gasteiger partial charge in [-0.05, 0) is 32.6 Å². The van der Waals surface area contributed by atoms with Crippen molar-refractivity contribution in [3.8, 4) is 0 Å². The molecule has 1 atom stereocenters. The fourth-order valence-electron chi connectivity index (χ4n) is 2.26. The summed E-state index contributed by atoms with van der Waals surface area (Å²) in [5.74, 6) is 0.348. The molecule has 0 spiro atoms. The average Bonchev–Trinajstić information content (AvgIpc) is 2.40. The largest absolute Gasteiger partial charge is 0.368 e. The van der Waals surface area contributed by atoms with Crippen molar-refractivity contribution >= 4 is 23.2 Å². The zero-order chi connectivity index (χ0) is 15.4. The summed E-state index contributed by atoms with van der Waals surface area (Å²) in [5, 5.41) is 9.91. The van der Waals surface area contributed by atoms with E-state index in [2.05, 4.69) is 15.7 Å². The fraction of sp³-hybridized carbons (Fsp3) is 0.643. The van der Waals surface area contributed by atoms with Crippen LogP contribution in [0.5, 0.6) is 0 Å². The maximum atomic E-state index is 12.4. The van der Waals surface area contributed by atoms with Gasteiger partial charge in [-0.3, -0.25) is 9.59 Å². The van der Waals surface area contributed by atoms with E-state index in [1.54, 1.807) is 6.92 Å². The molecule has 0 saturated heterocycles. The van der Waals surface area contributed by atoms with E-state index in [0.717, 1.165) is 12.8 Å². The molecule has 1 aromatic heterocycles. The molecule has 116 valence electrons. The highest BCUT2D eigenvalue weighted by atomic mass is 35.5. The number of carbonyl (C=O) groups is 1. The molecule has 1 amide bonds. The van der Waals surface area contributed by atoms with Crippen LogP contribution in [0.15, 0.2) is 11.0 Å². The molecule has 1 aliphatic rings. The number of nitrogens with zero attached hydrogens (tertiary/aromatic N) is 2. The lowest BCUT2D eigenvalue weighted by Crippen LogP contribution is -2.40. The van der Waals surface area contributed by atoms with Crippen LogP contribution in [0, 0.1) is 5.92 Å². The lowest BCUT2D eigenvalue weighted by Gasteiger charge is -2.25. The van der Waals surface area contributed by atoms with Crippen molar-refractivity contribution in [3.05, 3.63) is 21.6 Å². The Kier molecular flexibility index (Phi) is 5.22. The molecule has 0 aliphatic heterocycles. The Balaban J connectivity index is 2.15. The monoisotopic (exact) mass is 312 g/mol. The van der Waals surface area contributed by atoms with Gasteiger partial charge in [0.25, 0.3) is 5.56 Å². The molecular weight excluding hydrogens is 292 g/mol. The zero-order valence-electron chi connectivity index (χ0n) is 12.4. The van der Waals surface area contributed by atoms with E-state index in [1.165, 1.54) is 17.3 Å². The Hall–Kier alpha value is -1.56. The first-order chi connectivity index (χ1) is 10.0. The van der Waals surface area contributed by atoms with Gasteiger partial charge in [-0.15, -0.1) is 0 Å². The van der Waals surface area contributed by atoms with Crippen LogP contribution in [0.4, 0.5) is 5.69 Å². The summed E-state index contributed by atoms with van der Waals surface area (Å²) in [7, 11) is 0. The molecule has 7 heteroatoms. The molecule has 2 N–H and O–H groups in total. The number of aromatic nitrogens is 2. The lowest BCUT2D eigenvalue weighted by molar-refractivity contribution is -0.121. The Morgan fingerprint density at radius 3 is 2.86 bits per heavy atom. The van der Waals surface area contributed by atoms with Gasteiger partial charge in [0.1, 0.15) is 11.7 Å². The summed E-state index contributed by atoms with van der Waals surface area (Å²) < 4.78 is 1.43. The van der Waals surface area contributed by atoms with Crippen molar-refractivity contribution in [3.63, 3.8) is 0 Å². The number of hydrogen-bond donors (Lipinski definition) is 2. The van der Waals surface area contributed by atoms with Gasteiger partial charge < -0.3 is 10.6 Å². The number of rotatable bonds is 6. The number of hydrogen-bond acceptors (Lipinski definition) is 4. The van der Waals surface area contributed by atoms with Crippen LogP contribution < -0.4 is 16.2 Å². The normalized spacial score (nSPS) is 16.1. The van der Waals surface area contributed by atoms with Crippen molar-refractivity contribution in [1.29, 1.82) is 0 Å². The van der Waals surface area contributed by atoms with E-state index in [9.17, 15) is 9.59 Å². The quantitative estimate of drug-likeness (QED) is 0.837. The first-order valence-electron chi connectivity index (χ1n) is 7.32. The van der Waals surface area contributed by atoms with E-state index in [-0.39, 0.29) is 22.2 Å². The third-order valence-corrected chi connectivity index (χ3v) is 4.05. The third kappa shape index (κ3) is 3.75. The maximum absolute atomic E-state index is 12.4. The van der Waals surface area contributed by atoms with Crippen molar-refractivity contribution in [2.75, 3.05) is 11.9 Å². The molecule has 0 aromatic carbocycles. The highest BCUT2D eigenvalue weighted by Gasteiger charge is 2.21. The average molecular weight is 313 g/mol. The zero-order valence-corrected chi connectivity index (χ0v) is 13.1. The predicted octanol–water partition coefficient (Wildman–Crippen LogP) is 1.63. The van der Waals surface area contributed by atoms with Gasteiger partial charge in [0, 0.05) is 13.1 Å². The number of anilines is 1. The lowest BCUT2D eigenvalue weighted by atomic mass is 9.85. The molecule has 1 unspecified atom stereocenters. The minimum absolute atomic E-state index is 0.171. The van der Waals surface area contributed by atoms with Crippen molar-refractivity contribution < 1.29 is 4.79 Å². The highest BCUT2D eigenvalue weighted by Crippen LogP contribution is 2.27. The van der Waals surface area contributed by atoms with E-state index < -0.39 is 6.04 Å². The summed E-state index contributed by atoms with van der Waals surface area (Å²) in [6.45, 7) is 4.69. The summed E-state index contributed by atoms with van der Waals surface area (Å²) in [5.41, 5.74) is -0.0321. The minimum Gasteiger partial charge on any atom is -0.368 e. The van der Waals surface area contributed by atoms with Crippen LogP contribution in [-0.4, -0.2) is 28.3 Å². The van der Waals surface area contributed by atoms with E-state index in [1.807, 2.05) is 6.92 Å². The van der Waals surface area contributed by atoms with Crippen LogP contribution in [-0.2, 0) is 11.3 Å². The fourth-order valence-corrected chi connectivity index (χ4v) is 2.44. The molecule has 0 radical (unpaired) electrons. The second-order valence-electron chi connectivity index (χ2n) is 5.41. The second-order valence-corrected chi connectivity index (χ2v) is 5.82. The van der Waals surface area contributed by atoms with Gasteiger partial charge in [0.2, 0.25) is 5.91 Å². The molecule has 6 nitrogen and oxygen atoms in total. The van der Waals surface area contributed by atoms with Crippen molar-refractivity contribution in [2.24, 2.45) is 5.92 Å². The van der Waals surface area contributed by atoms with Gasteiger partial charge in [-0.25, -0.2) is 4.68 Å². The molecular formula is C14H21ClN4O2. The SMILES string of the molecule is CCNC(=O)C(C)Nc1c(Cl)cnn(CC2CCC2)c1=O. The molecule has 1 fully saturated rings. The number of halogens is 1. The molecule has 1 aromatic rings. The molecule has 1 aliphatic carbocycles. The van der Waals surface area contributed by atoms with Crippen LogP contribution in [0.2, 0.25) is 5.02 Å². The molecule has 1 saturated carbocycles. The molecule has 2 rings (SSSR count). The number of likely N-dealkylation sites (N-methyl/N-ethyl adjacent to an activating group) is 1. The van der Waals surface area contributed by atoms with Crippen LogP contribution >= 0.6 is 11.6 Å². The highest BCUT2D eigenvalue weighted by molar-refractivity contribution is 6.33. The number of carbonyl (C=O) groups excluding carboxylic acids is 1. The number of nitrogens with one attached hydrogen (secondary N) is 2. The minimum atomic E-state index is -0.533. The van der Waals surface area contributed by atoms with E-state index in [4.69, 9.17) is 11.6 Å². The Morgan fingerprint density at radius 2 is 2.29 bits per heavy atom. The first-order valence-corrected chi connectivity index (χ1v) is 7.70. The van der Waals surface area contributed by atoms with Gasteiger partial charge in [-0.2, -0.15) is 5.10 Å². The topological polar surface area (TPSA) is 76.0 Å². The van der Waals surface area contributed by atoms with Crippen LogP contribution in [0.25, 0.3) is 0 Å². The first kappa shape index (κ1) is 15.8. The van der Waals surface area contributed by atoms with E-state index >= 15 is 0 Å². The standard InChI is InChI=1S/C14H21ClN4O2/c1-3-16-13(20)9(2)18-12-11(15)7-17-19(14(12)21)8-10-5-4-6-10/h7,9-10,18H,3-6,8H2,1-2H3,(H,16,20). The smallest absolute Gasteiger partial charge is 0.291 e. The molecule has 1 heterocycles. The summed E-state index contributed by atoms with van der Waals surface area (Å²) in [6.07, 6.45) is 4.93. The van der Waals surface area contributed by atoms with Gasteiger partial charge >= 0.3 is 0 Å². The Labute approximate surface area is 128 Å². The van der Waals surface area contributed by atoms with Gasteiger partial charge in [0.15, 0.2) is 0 Å². The van der Waals surface area contributed by atoms with Gasteiger partial charge in [-0.1, -0.05) is 18.0 Å². The summed E-state index contributed by atoms with van der Waals surface area (Å²) >= 11 is 6.04. The van der Waals surface area contributed by atoms with E-state index in [0.29, 0.717) is 19.0 Å². The van der Waals surface area contributed by atoms with Gasteiger partial charge in [0.05, 0.1) is 11.2 Å². The summed E-state index contributed by atoms with van der Waals surface area (Å²) in [6, 6.07) is -0.533. The van der Waals surface area contributed by atoms with Crippen LogP contribution in [0.1, 0.15) is 33.1 Å². The van der Waals surface area contributed by atoms with Crippen LogP contribution in [0.3, 0.4) is 0 Å². The second kappa shape index (κ2) is 6.93. The van der Waals surface area contributed by atoms with Crippen molar-refractivity contribution in [2.45, 2.75) is 45.7 Å². The molecule has 21 heavy (non-hydrogen) atoms. The summed E-state index contributed by atoms with van der Waals surface area (Å²) in [4.78, 5) is 24.2. The number of amides is 1. The maximum Gasteiger partial charge on any atom is 0.291 e. The Morgan fingerprint density at radius 1 is 1.57 bits per heavy atom. The predicted molar refractivity (Wildman–Crippen MR) is 82.6 cm³/mol. The third-order valence-electron chi connectivity index (χ3n) is 3.76. The molecule has 0 bridgehead atoms. The Bertz CT molecular complexity index is 569.